The molecule has 0 aliphatic heterocycles. The summed E-state index contributed by atoms with van der Waals surface area (Å²) < 4.78 is 14.9. The van der Waals surface area contributed by atoms with Crippen LogP contribution in [0.4, 0.5) is 10.2 Å². The van der Waals surface area contributed by atoms with E-state index in [0.717, 1.165) is 6.54 Å². The Morgan fingerprint density at radius 2 is 2.27 bits per heavy atom. The fourth-order valence-electron chi connectivity index (χ4n) is 2.33. The van der Waals surface area contributed by atoms with Gasteiger partial charge in [0.05, 0.1) is 18.7 Å². The molecule has 6 heteroatoms. The molecule has 1 aliphatic carbocycles. The van der Waals surface area contributed by atoms with Crippen molar-refractivity contribution < 1.29 is 14.3 Å². The van der Waals surface area contributed by atoms with E-state index in [-0.39, 0.29) is 12.3 Å². The van der Waals surface area contributed by atoms with Gasteiger partial charge in [0, 0.05) is 12.6 Å². The number of nitrogens with one attached hydrogen (secondary N) is 1. The number of benzene rings is 1. The number of amides is 1. The zero-order valence-corrected chi connectivity index (χ0v) is 12.1. The topological polar surface area (TPSA) is 67.2 Å². The van der Waals surface area contributed by atoms with Crippen molar-refractivity contribution in [2.45, 2.75) is 31.9 Å². The monoisotopic (exact) mass is 303 g/mol. The molecule has 0 radical (unpaired) electrons. The third kappa shape index (κ3) is 3.71. The van der Waals surface area contributed by atoms with E-state index in [9.17, 15) is 14.3 Å². The lowest BCUT2D eigenvalue weighted by atomic mass is 10.1. The van der Waals surface area contributed by atoms with Gasteiger partial charge in [0.2, 0.25) is 5.91 Å². The zero-order chi connectivity index (χ0) is 15.5. The van der Waals surface area contributed by atoms with E-state index < -0.39 is 11.9 Å². The van der Waals surface area contributed by atoms with Crippen LogP contribution in [0, 0.1) is 11.7 Å². The number of hydrogen-bond donors (Lipinski definition) is 2. The predicted molar refractivity (Wildman–Crippen MR) is 79.6 cm³/mol. The standard InChI is InChI=1S/C16H18FN3O2/c17-13-3-1-2-12(8-13)14(21)9-16(22)19-15-6-7-18-20(15)10-11-4-5-11/h1-3,6-8,11,14,21H,4-5,9-10H2,(H,19,22). The van der Waals surface area contributed by atoms with Crippen molar-refractivity contribution in [1.82, 2.24) is 9.78 Å². The van der Waals surface area contributed by atoms with Crippen LogP contribution in [0.2, 0.25) is 0 Å². The first-order chi connectivity index (χ1) is 10.6. The summed E-state index contributed by atoms with van der Waals surface area (Å²) in [7, 11) is 0. The molecule has 116 valence electrons. The van der Waals surface area contributed by atoms with Gasteiger partial charge in [-0.15, -0.1) is 0 Å². The van der Waals surface area contributed by atoms with Gasteiger partial charge in [-0.1, -0.05) is 12.1 Å². The molecule has 0 saturated heterocycles. The van der Waals surface area contributed by atoms with Gasteiger partial charge in [-0.2, -0.15) is 5.10 Å². The van der Waals surface area contributed by atoms with Gasteiger partial charge in [-0.05, 0) is 36.5 Å². The van der Waals surface area contributed by atoms with Crippen molar-refractivity contribution in [3.63, 3.8) is 0 Å². The van der Waals surface area contributed by atoms with E-state index >= 15 is 0 Å². The SMILES string of the molecule is O=C(CC(O)c1cccc(F)c1)Nc1ccnn1CC1CC1. The van der Waals surface area contributed by atoms with Gasteiger partial charge in [0.15, 0.2) is 0 Å². The lowest BCUT2D eigenvalue weighted by Crippen LogP contribution is -2.18. The second-order valence-corrected chi connectivity index (χ2v) is 5.67. The van der Waals surface area contributed by atoms with Gasteiger partial charge < -0.3 is 10.4 Å². The molecule has 1 unspecified atom stereocenters. The third-order valence-corrected chi connectivity index (χ3v) is 3.72. The van der Waals surface area contributed by atoms with E-state index in [4.69, 9.17) is 0 Å². The second-order valence-electron chi connectivity index (χ2n) is 5.67. The van der Waals surface area contributed by atoms with Crippen molar-refractivity contribution in [2.75, 3.05) is 5.32 Å². The Hall–Kier alpha value is -2.21. The fraction of sp³-hybridized carbons (Fsp3) is 0.375. The number of halogens is 1. The third-order valence-electron chi connectivity index (χ3n) is 3.72. The van der Waals surface area contributed by atoms with Crippen molar-refractivity contribution in [3.8, 4) is 0 Å². The molecule has 1 saturated carbocycles. The quantitative estimate of drug-likeness (QED) is 0.861. The Morgan fingerprint density at radius 3 is 3.00 bits per heavy atom. The molecule has 0 spiro atoms. The summed E-state index contributed by atoms with van der Waals surface area (Å²) in [6, 6.07) is 7.37. The molecule has 1 aromatic carbocycles. The molecule has 3 rings (SSSR count). The number of aliphatic hydroxyl groups is 1. The molecule has 22 heavy (non-hydrogen) atoms. The molecule has 2 N–H and O–H groups in total. The molecular formula is C16H18FN3O2. The van der Waals surface area contributed by atoms with Crippen LogP contribution < -0.4 is 5.32 Å². The average Bonchev–Trinajstić information content (AvgIpc) is 3.19. The molecule has 1 atom stereocenters. The summed E-state index contributed by atoms with van der Waals surface area (Å²) in [6.45, 7) is 0.801. The van der Waals surface area contributed by atoms with Crippen molar-refractivity contribution >= 4 is 11.7 Å². The van der Waals surface area contributed by atoms with Crippen LogP contribution in [0.1, 0.15) is 30.9 Å². The lowest BCUT2D eigenvalue weighted by Gasteiger charge is -2.12. The molecule has 1 fully saturated rings. The van der Waals surface area contributed by atoms with Crippen molar-refractivity contribution in [2.24, 2.45) is 5.92 Å². The van der Waals surface area contributed by atoms with Crippen LogP contribution >= 0.6 is 0 Å². The molecule has 1 amide bonds. The van der Waals surface area contributed by atoms with Gasteiger partial charge >= 0.3 is 0 Å². The molecule has 1 aliphatic rings. The minimum atomic E-state index is -1.03. The predicted octanol–water partition coefficient (Wildman–Crippen LogP) is 2.49. The Labute approximate surface area is 127 Å². The minimum absolute atomic E-state index is 0.127. The highest BCUT2D eigenvalue weighted by Crippen LogP contribution is 2.31. The Kier molecular flexibility index (Phi) is 4.20. The highest BCUT2D eigenvalue weighted by Gasteiger charge is 2.23. The Bertz CT molecular complexity index is 667. The van der Waals surface area contributed by atoms with Gasteiger partial charge in [0.25, 0.3) is 0 Å². The highest BCUT2D eigenvalue weighted by atomic mass is 19.1. The van der Waals surface area contributed by atoms with E-state index in [1.54, 1.807) is 23.0 Å². The van der Waals surface area contributed by atoms with Crippen LogP contribution in [0.5, 0.6) is 0 Å². The first kappa shape index (κ1) is 14.7. The van der Waals surface area contributed by atoms with Gasteiger partial charge in [0.1, 0.15) is 11.6 Å². The lowest BCUT2D eigenvalue weighted by molar-refractivity contribution is -0.118. The summed E-state index contributed by atoms with van der Waals surface area (Å²) in [5, 5.41) is 17.0. The van der Waals surface area contributed by atoms with Crippen molar-refractivity contribution in [3.05, 3.63) is 47.9 Å². The number of carbonyl (C=O) groups is 1. The number of anilines is 1. The fourth-order valence-corrected chi connectivity index (χ4v) is 2.33. The summed E-state index contributed by atoms with van der Waals surface area (Å²) in [5.74, 6) is 0.519. The molecule has 1 heterocycles. The second kappa shape index (κ2) is 6.27. The van der Waals surface area contributed by atoms with Crippen LogP contribution in [0.3, 0.4) is 0 Å². The minimum Gasteiger partial charge on any atom is -0.388 e. The van der Waals surface area contributed by atoms with E-state index in [2.05, 4.69) is 10.4 Å². The number of aromatic nitrogens is 2. The molecule has 2 aromatic rings. The Balaban J connectivity index is 1.59. The van der Waals surface area contributed by atoms with Crippen LogP contribution in [-0.2, 0) is 11.3 Å². The normalized spacial score (nSPS) is 15.5. The number of rotatable bonds is 6. The Morgan fingerprint density at radius 1 is 1.45 bits per heavy atom. The highest BCUT2D eigenvalue weighted by molar-refractivity contribution is 5.90. The number of hydrogen-bond acceptors (Lipinski definition) is 3. The molecule has 0 bridgehead atoms. The number of aliphatic hydroxyl groups excluding tert-OH is 1. The van der Waals surface area contributed by atoms with E-state index in [0.29, 0.717) is 17.3 Å². The van der Waals surface area contributed by atoms with Crippen LogP contribution in [-0.4, -0.2) is 20.8 Å². The summed E-state index contributed by atoms with van der Waals surface area (Å²) in [6.07, 6.45) is 2.88. The summed E-state index contributed by atoms with van der Waals surface area (Å²) in [4.78, 5) is 12.0. The summed E-state index contributed by atoms with van der Waals surface area (Å²) in [5.41, 5.74) is 0.390. The first-order valence-corrected chi connectivity index (χ1v) is 7.37. The molecule has 5 nitrogen and oxygen atoms in total. The van der Waals surface area contributed by atoms with Crippen molar-refractivity contribution in [1.29, 1.82) is 0 Å². The number of carbonyl (C=O) groups excluding carboxylic acids is 1. The van der Waals surface area contributed by atoms with Gasteiger partial charge in [-0.3, -0.25) is 4.79 Å². The molecule has 1 aromatic heterocycles. The summed E-state index contributed by atoms with van der Waals surface area (Å²) >= 11 is 0. The largest absolute Gasteiger partial charge is 0.388 e. The van der Waals surface area contributed by atoms with E-state index in [1.165, 1.54) is 31.0 Å². The van der Waals surface area contributed by atoms with Crippen LogP contribution in [0.15, 0.2) is 36.5 Å². The maximum atomic E-state index is 13.1. The number of nitrogens with zero attached hydrogens (tertiary/aromatic N) is 2. The molecular weight excluding hydrogens is 285 g/mol. The van der Waals surface area contributed by atoms with Crippen LogP contribution in [0.25, 0.3) is 0 Å². The zero-order valence-electron chi connectivity index (χ0n) is 12.1. The first-order valence-electron chi connectivity index (χ1n) is 7.37. The maximum absolute atomic E-state index is 13.1. The maximum Gasteiger partial charge on any atom is 0.228 e. The average molecular weight is 303 g/mol. The smallest absolute Gasteiger partial charge is 0.228 e. The van der Waals surface area contributed by atoms with E-state index in [1.807, 2.05) is 0 Å². The van der Waals surface area contributed by atoms with Gasteiger partial charge in [-0.25, -0.2) is 9.07 Å².